The van der Waals surface area contributed by atoms with Crippen molar-refractivity contribution in [3.63, 3.8) is 0 Å². The first-order chi connectivity index (χ1) is 4.68. The van der Waals surface area contributed by atoms with Gasteiger partial charge in [0.1, 0.15) is 5.75 Å². The monoisotopic (exact) mass is 178 g/mol. The third-order valence-electron chi connectivity index (χ3n) is 0.785. The molecular weight excluding hydrogens is 174 g/mol. The van der Waals surface area contributed by atoms with E-state index in [1.165, 1.54) is 17.4 Å². The Morgan fingerprint density at radius 3 is 2.70 bits per heavy atom. The minimum atomic E-state index is -1.77. The van der Waals surface area contributed by atoms with E-state index in [4.69, 9.17) is 21.6 Å². The molecule has 10 heavy (non-hydrogen) atoms. The summed E-state index contributed by atoms with van der Waals surface area (Å²) in [7, 11) is -1.77. The number of hydrogen-bond acceptors (Lipinski definition) is 4. The van der Waals surface area contributed by atoms with Gasteiger partial charge in [-0.2, -0.15) is 0 Å². The molecule has 0 aliphatic carbocycles. The van der Waals surface area contributed by atoms with Crippen LogP contribution >= 0.6 is 22.9 Å². The molecule has 1 rings (SSSR count). The first-order valence-electron chi connectivity index (χ1n) is 2.45. The highest BCUT2D eigenvalue weighted by atomic mass is 35.5. The van der Waals surface area contributed by atoms with Crippen molar-refractivity contribution in [2.75, 3.05) is 0 Å². The largest absolute Gasteiger partial charge is 0.707 e. The molecule has 0 saturated carbocycles. The Kier molecular flexibility index (Phi) is 2.56. The summed E-state index contributed by atoms with van der Waals surface area (Å²) < 4.78 is 5.02. The van der Waals surface area contributed by atoms with Crippen LogP contribution in [0.25, 0.3) is 0 Å². The van der Waals surface area contributed by atoms with E-state index in [0.717, 1.165) is 0 Å². The van der Waals surface area contributed by atoms with E-state index in [-0.39, 0.29) is 0 Å². The first-order valence-corrected chi connectivity index (χ1v) is 3.71. The van der Waals surface area contributed by atoms with Gasteiger partial charge in [-0.25, -0.2) is 0 Å². The lowest BCUT2D eigenvalue weighted by Gasteiger charge is -1.97. The number of halogens is 1. The third-order valence-corrected chi connectivity index (χ3v) is 1.85. The third kappa shape index (κ3) is 2.19. The fourth-order valence-corrected chi connectivity index (χ4v) is 1.26. The second-order valence-corrected chi connectivity index (χ2v) is 3.07. The van der Waals surface area contributed by atoms with Crippen LogP contribution in [0.4, 0.5) is 0 Å². The summed E-state index contributed by atoms with van der Waals surface area (Å²) in [5.74, 6) is 0.366. The van der Waals surface area contributed by atoms with Gasteiger partial charge in [0.15, 0.2) is 0 Å². The summed E-state index contributed by atoms with van der Waals surface area (Å²) in [6.07, 6.45) is 0. The van der Waals surface area contributed by atoms with Gasteiger partial charge in [0, 0.05) is 11.4 Å². The molecule has 1 aromatic heterocycles. The zero-order valence-electron chi connectivity index (χ0n) is 4.82. The Bertz CT molecular complexity index is 214. The van der Waals surface area contributed by atoms with Crippen LogP contribution in [0, 0.1) is 0 Å². The van der Waals surface area contributed by atoms with Crippen molar-refractivity contribution >= 4 is 30.3 Å². The van der Waals surface area contributed by atoms with E-state index in [1.54, 1.807) is 5.38 Å². The van der Waals surface area contributed by atoms with E-state index in [0.29, 0.717) is 10.1 Å². The van der Waals surface area contributed by atoms with Crippen molar-refractivity contribution in [2.45, 2.75) is 0 Å². The summed E-state index contributed by atoms with van der Waals surface area (Å²) >= 11 is 6.78. The van der Waals surface area contributed by atoms with E-state index in [2.05, 4.69) is 4.65 Å². The molecule has 0 unspecified atom stereocenters. The second-order valence-electron chi connectivity index (χ2n) is 1.53. The summed E-state index contributed by atoms with van der Waals surface area (Å²) in [4.78, 5) is 0. The minimum absolute atomic E-state index is 0.366. The highest BCUT2D eigenvalue weighted by Crippen LogP contribution is 2.25. The molecule has 0 aliphatic rings. The Morgan fingerprint density at radius 2 is 2.30 bits per heavy atom. The zero-order chi connectivity index (χ0) is 7.56. The molecule has 1 heterocycles. The summed E-state index contributed by atoms with van der Waals surface area (Å²) in [5, 5.41) is 18.2. The standard InChI is InChI=1S/C4H4BClO3S/c6-4-1-3(2-10-4)9-5(7)8/h1-2,7-8H. The van der Waals surface area contributed by atoms with Crippen molar-refractivity contribution in [3.05, 3.63) is 15.8 Å². The highest BCUT2D eigenvalue weighted by Gasteiger charge is 2.11. The molecule has 6 heteroatoms. The van der Waals surface area contributed by atoms with Crippen LogP contribution in [0.2, 0.25) is 4.34 Å². The molecular formula is C4H4BClO3S. The summed E-state index contributed by atoms with van der Waals surface area (Å²) in [6, 6.07) is 1.51. The lowest BCUT2D eigenvalue weighted by molar-refractivity contribution is 0.288. The molecule has 3 nitrogen and oxygen atoms in total. The average molecular weight is 178 g/mol. The molecule has 0 bridgehead atoms. The van der Waals surface area contributed by atoms with Gasteiger partial charge in [0.25, 0.3) is 0 Å². The molecule has 0 amide bonds. The summed E-state index contributed by atoms with van der Waals surface area (Å²) in [6.45, 7) is 0. The van der Waals surface area contributed by atoms with Gasteiger partial charge in [0.2, 0.25) is 0 Å². The van der Waals surface area contributed by atoms with Crippen LogP contribution < -0.4 is 4.65 Å². The molecule has 0 radical (unpaired) electrons. The smallest absolute Gasteiger partial charge is 0.511 e. The van der Waals surface area contributed by atoms with E-state index in [1.807, 2.05) is 0 Å². The number of rotatable bonds is 2. The zero-order valence-corrected chi connectivity index (χ0v) is 6.39. The Labute approximate surface area is 67.0 Å². The normalized spacial score (nSPS) is 9.50. The maximum Gasteiger partial charge on any atom is 0.707 e. The van der Waals surface area contributed by atoms with Gasteiger partial charge in [0.05, 0.1) is 4.34 Å². The quantitative estimate of drug-likeness (QED) is 0.657. The van der Waals surface area contributed by atoms with Crippen LogP contribution in [0.1, 0.15) is 0 Å². The van der Waals surface area contributed by atoms with E-state index >= 15 is 0 Å². The molecule has 0 aliphatic heterocycles. The van der Waals surface area contributed by atoms with Crippen LogP contribution in [0.15, 0.2) is 11.4 Å². The molecule has 0 atom stereocenters. The number of hydrogen-bond donors (Lipinski definition) is 2. The van der Waals surface area contributed by atoms with Gasteiger partial charge in [-0.1, -0.05) is 11.6 Å². The molecule has 0 fully saturated rings. The maximum atomic E-state index is 8.31. The topological polar surface area (TPSA) is 49.7 Å². The molecule has 0 aromatic carbocycles. The lowest BCUT2D eigenvalue weighted by atomic mass is 10.2. The fourth-order valence-electron chi connectivity index (χ4n) is 0.478. The van der Waals surface area contributed by atoms with Crippen LogP contribution in [0.5, 0.6) is 5.75 Å². The van der Waals surface area contributed by atoms with Crippen molar-refractivity contribution in [3.8, 4) is 5.75 Å². The predicted octanol–water partition coefficient (Wildman–Crippen LogP) is 0.750. The van der Waals surface area contributed by atoms with Gasteiger partial charge < -0.3 is 14.7 Å². The first kappa shape index (κ1) is 7.88. The predicted molar refractivity (Wildman–Crippen MR) is 40.1 cm³/mol. The van der Waals surface area contributed by atoms with E-state index < -0.39 is 7.32 Å². The Balaban J connectivity index is 2.58. The fraction of sp³-hybridized carbons (Fsp3) is 0. The molecule has 0 saturated heterocycles. The number of thiophene rings is 1. The van der Waals surface area contributed by atoms with Crippen molar-refractivity contribution in [1.82, 2.24) is 0 Å². The van der Waals surface area contributed by atoms with Gasteiger partial charge in [-0.3, -0.25) is 0 Å². The SMILES string of the molecule is OB(O)Oc1csc(Cl)c1. The molecule has 0 spiro atoms. The maximum absolute atomic E-state index is 8.31. The average Bonchev–Trinajstić information content (AvgIpc) is 2.13. The molecule has 1 aromatic rings. The van der Waals surface area contributed by atoms with Crippen LogP contribution in [0.3, 0.4) is 0 Å². The van der Waals surface area contributed by atoms with Gasteiger partial charge >= 0.3 is 7.32 Å². The Hall–Kier alpha value is -0.225. The van der Waals surface area contributed by atoms with Gasteiger partial charge in [-0.15, -0.1) is 11.3 Å². The lowest BCUT2D eigenvalue weighted by Crippen LogP contribution is -2.20. The van der Waals surface area contributed by atoms with Crippen molar-refractivity contribution in [1.29, 1.82) is 0 Å². The highest BCUT2D eigenvalue weighted by molar-refractivity contribution is 7.14. The molecule has 54 valence electrons. The van der Waals surface area contributed by atoms with Crippen molar-refractivity contribution in [2.24, 2.45) is 0 Å². The molecule has 2 N–H and O–H groups in total. The van der Waals surface area contributed by atoms with Crippen LogP contribution in [-0.4, -0.2) is 17.4 Å². The Morgan fingerprint density at radius 1 is 1.60 bits per heavy atom. The van der Waals surface area contributed by atoms with Crippen molar-refractivity contribution < 1.29 is 14.7 Å². The minimum Gasteiger partial charge on any atom is -0.511 e. The van der Waals surface area contributed by atoms with Gasteiger partial charge in [-0.05, 0) is 0 Å². The van der Waals surface area contributed by atoms with Crippen LogP contribution in [-0.2, 0) is 0 Å². The van der Waals surface area contributed by atoms with E-state index in [9.17, 15) is 0 Å². The second kappa shape index (κ2) is 3.25. The summed E-state index contributed by atoms with van der Waals surface area (Å²) in [5.41, 5.74) is 0.